The zero-order valence-electron chi connectivity index (χ0n) is 9.71. The Morgan fingerprint density at radius 1 is 1.37 bits per heavy atom. The van der Waals surface area contributed by atoms with Gasteiger partial charge in [0.15, 0.2) is 0 Å². The van der Waals surface area contributed by atoms with E-state index in [2.05, 4.69) is 10.3 Å². The highest BCUT2D eigenvalue weighted by atomic mass is 35.5. The first-order valence-electron chi connectivity index (χ1n) is 5.38. The molecule has 0 saturated heterocycles. The number of benzene rings is 1. The van der Waals surface area contributed by atoms with Crippen LogP contribution in [0.1, 0.15) is 5.56 Å². The van der Waals surface area contributed by atoms with Crippen LogP contribution in [0.5, 0.6) is 5.75 Å². The van der Waals surface area contributed by atoms with Crippen molar-refractivity contribution in [3.63, 3.8) is 0 Å². The second-order valence-electron chi connectivity index (χ2n) is 3.80. The first kappa shape index (κ1) is 13.1. The van der Waals surface area contributed by atoms with Crippen molar-refractivity contribution in [3.8, 4) is 5.75 Å². The van der Waals surface area contributed by atoms with E-state index in [1.807, 2.05) is 0 Å². The predicted molar refractivity (Wildman–Crippen MR) is 71.3 cm³/mol. The molecule has 2 aromatic rings. The van der Waals surface area contributed by atoms with Gasteiger partial charge in [-0.3, -0.25) is 10.1 Å². The lowest BCUT2D eigenvalue weighted by molar-refractivity contribution is -0.384. The minimum absolute atomic E-state index is 0.155. The molecule has 0 saturated carbocycles. The predicted octanol–water partition coefficient (Wildman–Crippen LogP) is 2.96. The van der Waals surface area contributed by atoms with Crippen molar-refractivity contribution in [2.45, 2.75) is 6.54 Å². The summed E-state index contributed by atoms with van der Waals surface area (Å²) in [6.07, 6.45) is 1.34. The summed E-state index contributed by atoms with van der Waals surface area (Å²) in [6, 6.07) is 7.75. The second kappa shape index (κ2) is 5.53. The molecular weight excluding hydrogens is 270 g/mol. The van der Waals surface area contributed by atoms with Crippen LogP contribution < -0.4 is 5.32 Å². The lowest BCUT2D eigenvalue weighted by Crippen LogP contribution is -2.04. The molecule has 2 rings (SSSR count). The number of nitrogens with zero attached hydrogens (tertiary/aromatic N) is 2. The zero-order valence-corrected chi connectivity index (χ0v) is 10.5. The summed E-state index contributed by atoms with van der Waals surface area (Å²) < 4.78 is 0. The number of pyridine rings is 1. The third kappa shape index (κ3) is 3.32. The summed E-state index contributed by atoms with van der Waals surface area (Å²) in [5.74, 6) is 0.321. The summed E-state index contributed by atoms with van der Waals surface area (Å²) >= 11 is 5.67. The van der Waals surface area contributed by atoms with Gasteiger partial charge in [-0.15, -0.1) is 0 Å². The standard InChI is InChI=1S/C12H10ClN3O3/c13-9-5-11(16(18)19)12(15-7-9)14-6-8-1-3-10(17)4-2-8/h1-5,7,17H,6H2,(H,14,15). The molecule has 0 amide bonds. The number of rotatable bonds is 4. The Labute approximate surface area is 113 Å². The summed E-state index contributed by atoms with van der Waals surface area (Å²) in [5.41, 5.74) is 0.690. The maximum atomic E-state index is 10.9. The van der Waals surface area contributed by atoms with Gasteiger partial charge in [0.25, 0.3) is 0 Å². The van der Waals surface area contributed by atoms with Crippen molar-refractivity contribution in [1.82, 2.24) is 4.98 Å². The number of aromatic nitrogens is 1. The van der Waals surface area contributed by atoms with Gasteiger partial charge in [-0.05, 0) is 17.7 Å². The molecule has 1 aromatic carbocycles. The van der Waals surface area contributed by atoms with Crippen molar-refractivity contribution in [2.24, 2.45) is 0 Å². The average molecular weight is 280 g/mol. The Kier molecular flexibility index (Phi) is 3.82. The molecule has 0 bridgehead atoms. The topological polar surface area (TPSA) is 88.3 Å². The van der Waals surface area contributed by atoms with Crippen LogP contribution in [-0.2, 0) is 6.54 Å². The average Bonchev–Trinajstić information content (AvgIpc) is 2.39. The lowest BCUT2D eigenvalue weighted by Gasteiger charge is -2.06. The van der Waals surface area contributed by atoms with Gasteiger partial charge >= 0.3 is 5.69 Å². The fourth-order valence-electron chi connectivity index (χ4n) is 1.50. The van der Waals surface area contributed by atoms with Crippen molar-refractivity contribution < 1.29 is 10.0 Å². The molecule has 1 heterocycles. The first-order chi connectivity index (χ1) is 9.06. The molecule has 0 radical (unpaired) electrons. The third-order valence-corrected chi connectivity index (χ3v) is 2.63. The number of halogens is 1. The van der Waals surface area contributed by atoms with E-state index < -0.39 is 4.92 Å². The number of nitrogens with one attached hydrogen (secondary N) is 1. The highest BCUT2D eigenvalue weighted by molar-refractivity contribution is 6.30. The Bertz CT molecular complexity index is 602. The largest absolute Gasteiger partial charge is 0.508 e. The molecule has 0 aliphatic heterocycles. The fraction of sp³-hybridized carbons (Fsp3) is 0.0833. The molecule has 2 N–H and O–H groups in total. The van der Waals surface area contributed by atoms with E-state index >= 15 is 0 Å². The normalized spacial score (nSPS) is 10.2. The number of phenolic OH excluding ortho intramolecular Hbond substituents is 1. The summed E-state index contributed by atoms with van der Waals surface area (Å²) in [4.78, 5) is 14.2. The van der Waals surface area contributed by atoms with Crippen LogP contribution in [0.25, 0.3) is 0 Å². The summed E-state index contributed by atoms with van der Waals surface area (Å²) in [6.45, 7) is 0.357. The van der Waals surface area contributed by atoms with Crippen LogP contribution in [0.2, 0.25) is 5.02 Å². The Hall–Kier alpha value is -2.34. The number of hydrogen-bond donors (Lipinski definition) is 2. The van der Waals surface area contributed by atoms with Crippen molar-refractivity contribution in [2.75, 3.05) is 5.32 Å². The molecule has 1 aromatic heterocycles. The van der Waals surface area contributed by atoms with E-state index in [1.165, 1.54) is 12.3 Å². The summed E-state index contributed by atoms with van der Waals surface area (Å²) in [7, 11) is 0. The molecule has 0 aliphatic carbocycles. The number of nitro groups is 1. The maximum Gasteiger partial charge on any atom is 0.312 e. The van der Waals surface area contributed by atoms with Crippen LogP contribution in [0.15, 0.2) is 36.5 Å². The van der Waals surface area contributed by atoms with Gasteiger partial charge in [-0.2, -0.15) is 0 Å². The van der Waals surface area contributed by atoms with Crippen molar-refractivity contribution >= 4 is 23.1 Å². The quantitative estimate of drug-likeness (QED) is 0.663. The van der Waals surface area contributed by atoms with E-state index in [9.17, 15) is 10.1 Å². The van der Waals surface area contributed by atoms with E-state index in [4.69, 9.17) is 16.7 Å². The van der Waals surface area contributed by atoms with Crippen LogP contribution in [0.4, 0.5) is 11.5 Å². The van der Waals surface area contributed by atoms with Gasteiger partial charge in [0.05, 0.1) is 9.95 Å². The van der Waals surface area contributed by atoms with E-state index in [1.54, 1.807) is 24.3 Å². The van der Waals surface area contributed by atoms with Crippen LogP contribution in [0, 0.1) is 10.1 Å². The van der Waals surface area contributed by atoms with Crippen LogP contribution >= 0.6 is 11.6 Å². The Morgan fingerprint density at radius 2 is 2.05 bits per heavy atom. The second-order valence-corrected chi connectivity index (χ2v) is 4.23. The molecule has 7 heteroatoms. The number of anilines is 1. The summed E-state index contributed by atoms with van der Waals surface area (Å²) in [5, 5.41) is 23.1. The number of aromatic hydroxyl groups is 1. The van der Waals surface area contributed by atoms with Gasteiger partial charge < -0.3 is 10.4 Å². The molecular formula is C12H10ClN3O3. The smallest absolute Gasteiger partial charge is 0.312 e. The number of phenols is 1. The van der Waals surface area contributed by atoms with Gasteiger partial charge in [-0.1, -0.05) is 23.7 Å². The highest BCUT2D eigenvalue weighted by Gasteiger charge is 2.15. The zero-order chi connectivity index (χ0) is 13.8. The molecule has 19 heavy (non-hydrogen) atoms. The highest BCUT2D eigenvalue weighted by Crippen LogP contribution is 2.25. The third-order valence-electron chi connectivity index (χ3n) is 2.43. The molecule has 6 nitrogen and oxygen atoms in total. The molecule has 0 fully saturated rings. The maximum absolute atomic E-state index is 10.9. The van der Waals surface area contributed by atoms with Crippen LogP contribution in [0.3, 0.4) is 0 Å². The van der Waals surface area contributed by atoms with E-state index in [0.29, 0.717) is 6.54 Å². The van der Waals surface area contributed by atoms with Crippen molar-refractivity contribution in [3.05, 3.63) is 57.2 Å². The minimum Gasteiger partial charge on any atom is -0.508 e. The van der Waals surface area contributed by atoms with E-state index in [-0.39, 0.29) is 22.3 Å². The van der Waals surface area contributed by atoms with Crippen molar-refractivity contribution in [1.29, 1.82) is 0 Å². The SMILES string of the molecule is O=[N+]([O-])c1cc(Cl)cnc1NCc1ccc(O)cc1. The Morgan fingerprint density at radius 3 is 2.68 bits per heavy atom. The number of hydrogen-bond acceptors (Lipinski definition) is 5. The molecule has 98 valence electrons. The Balaban J connectivity index is 2.15. The molecule has 0 atom stereocenters. The van der Waals surface area contributed by atoms with Gasteiger partial charge in [0, 0.05) is 18.8 Å². The van der Waals surface area contributed by atoms with E-state index in [0.717, 1.165) is 5.56 Å². The monoisotopic (exact) mass is 279 g/mol. The first-order valence-corrected chi connectivity index (χ1v) is 5.76. The lowest BCUT2D eigenvalue weighted by atomic mass is 10.2. The fourth-order valence-corrected chi connectivity index (χ4v) is 1.66. The van der Waals surface area contributed by atoms with Crippen LogP contribution in [-0.4, -0.2) is 15.0 Å². The minimum atomic E-state index is -0.544. The molecule has 0 spiro atoms. The molecule has 0 aliphatic rings. The van der Waals surface area contributed by atoms with Gasteiger partial charge in [-0.25, -0.2) is 4.98 Å². The van der Waals surface area contributed by atoms with Gasteiger partial charge in [0.2, 0.25) is 5.82 Å². The van der Waals surface area contributed by atoms with Gasteiger partial charge in [0.1, 0.15) is 5.75 Å². The molecule has 0 unspecified atom stereocenters.